The monoisotopic (exact) mass is 321 g/mol. The highest BCUT2D eigenvalue weighted by Gasteiger charge is 2.06. The molecule has 0 aliphatic heterocycles. The minimum Gasteiger partial charge on any atom is -0.352 e. The van der Waals surface area contributed by atoms with Crippen molar-refractivity contribution in [2.75, 3.05) is 6.54 Å². The van der Waals surface area contributed by atoms with Crippen LogP contribution in [0.15, 0.2) is 54.9 Å². The molecular formula is C20H23N3O. The summed E-state index contributed by atoms with van der Waals surface area (Å²) in [6.07, 6.45) is 2.73. The predicted octanol–water partition coefficient (Wildman–Crippen LogP) is 3.98. The number of rotatable bonds is 6. The van der Waals surface area contributed by atoms with Crippen LogP contribution in [0.3, 0.4) is 0 Å². The molecular weight excluding hydrogens is 298 g/mol. The molecule has 0 aliphatic rings. The molecule has 0 spiro atoms. The van der Waals surface area contributed by atoms with Crippen LogP contribution >= 0.6 is 0 Å². The van der Waals surface area contributed by atoms with Crippen molar-refractivity contribution in [3.8, 4) is 0 Å². The highest BCUT2D eigenvalue weighted by Crippen LogP contribution is 2.15. The number of hydrogen-bond donors (Lipinski definition) is 1. The summed E-state index contributed by atoms with van der Waals surface area (Å²) < 4.78 is 2.12. The summed E-state index contributed by atoms with van der Waals surface area (Å²) in [5.41, 5.74) is 4.10. The average molecular weight is 321 g/mol. The topological polar surface area (TPSA) is 46.9 Å². The second-order valence-corrected chi connectivity index (χ2v) is 6.31. The Kier molecular flexibility index (Phi) is 4.94. The second kappa shape index (κ2) is 7.30. The van der Waals surface area contributed by atoms with Crippen molar-refractivity contribution in [1.29, 1.82) is 0 Å². The lowest BCUT2D eigenvalue weighted by Crippen LogP contribution is -2.25. The van der Waals surface area contributed by atoms with Crippen LogP contribution in [0.25, 0.3) is 11.0 Å². The molecule has 0 atom stereocenters. The molecule has 4 nitrogen and oxygen atoms in total. The van der Waals surface area contributed by atoms with Gasteiger partial charge in [0, 0.05) is 18.7 Å². The summed E-state index contributed by atoms with van der Waals surface area (Å²) in [5, 5.41) is 2.99. The van der Waals surface area contributed by atoms with E-state index in [0.717, 1.165) is 24.0 Å². The van der Waals surface area contributed by atoms with Crippen molar-refractivity contribution in [2.24, 2.45) is 0 Å². The Morgan fingerprint density at radius 2 is 1.88 bits per heavy atom. The maximum absolute atomic E-state index is 12.2. The van der Waals surface area contributed by atoms with E-state index in [9.17, 15) is 4.79 Å². The third-order valence-electron chi connectivity index (χ3n) is 4.23. The van der Waals surface area contributed by atoms with Gasteiger partial charge in [-0.15, -0.1) is 0 Å². The number of nitrogens with zero attached hydrogens (tertiary/aromatic N) is 2. The molecule has 3 rings (SSSR count). The molecule has 0 bridgehead atoms. The molecule has 1 N–H and O–H groups in total. The highest BCUT2D eigenvalue weighted by molar-refractivity contribution is 5.94. The van der Waals surface area contributed by atoms with E-state index in [4.69, 9.17) is 0 Å². The zero-order valence-corrected chi connectivity index (χ0v) is 14.2. The van der Waals surface area contributed by atoms with Gasteiger partial charge in [0.15, 0.2) is 0 Å². The first kappa shape index (κ1) is 16.2. The number of imidazole rings is 1. The average Bonchev–Trinajstić information content (AvgIpc) is 3.02. The number of amides is 1. The molecule has 4 heteroatoms. The minimum absolute atomic E-state index is 0.0132. The molecule has 24 heavy (non-hydrogen) atoms. The van der Waals surface area contributed by atoms with Gasteiger partial charge in [-0.3, -0.25) is 4.79 Å². The molecule has 1 aromatic heterocycles. The molecule has 1 amide bonds. The van der Waals surface area contributed by atoms with E-state index in [2.05, 4.69) is 34.8 Å². The summed E-state index contributed by atoms with van der Waals surface area (Å²) in [6.45, 7) is 5.79. The fourth-order valence-corrected chi connectivity index (χ4v) is 2.76. The summed E-state index contributed by atoms with van der Waals surface area (Å²) in [5.74, 6) is 0.466. The summed E-state index contributed by atoms with van der Waals surface area (Å²) in [4.78, 5) is 16.5. The second-order valence-electron chi connectivity index (χ2n) is 6.31. The zero-order valence-electron chi connectivity index (χ0n) is 14.2. The molecule has 3 aromatic rings. The normalized spacial score (nSPS) is 11.1. The Labute approximate surface area is 142 Å². The van der Waals surface area contributed by atoms with Gasteiger partial charge < -0.3 is 9.88 Å². The number of para-hydroxylation sites is 2. The largest absolute Gasteiger partial charge is 0.352 e. The number of carbonyl (C=O) groups is 1. The van der Waals surface area contributed by atoms with Gasteiger partial charge in [0.1, 0.15) is 0 Å². The van der Waals surface area contributed by atoms with Gasteiger partial charge in [0.2, 0.25) is 0 Å². The number of nitrogens with one attached hydrogen (secondary N) is 1. The van der Waals surface area contributed by atoms with Gasteiger partial charge in [-0.25, -0.2) is 4.98 Å². The fraction of sp³-hybridized carbons (Fsp3) is 0.300. The standard InChI is InChI=1S/C20H23N3O/c1-15(2)16-8-10-17(11-9-16)20(24)21-12-5-13-23-14-22-18-6-3-4-7-19(18)23/h3-4,6-11,14-15H,5,12-13H2,1-2H3,(H,21,24). The van der Waals surface area contributed by atoms with Crippen molar-refractivity contribution in [1.82, 2.24) is 14.9 Å². The number of aromatic nitrogens is 2. The molecule has 124 valence electrons. The zero-order chi connectivity index (χ0) is 16.9. The summed E-state index contributed by atoms with van der Waals surface area (Å²) >= 11 is 0. The van der Waals surface area contributed by atoms with Crippen LogP contribution in [-0.4, -0.2) is 22.0 Å². The molecule has 1 heterocycles. The van der Waals surface area contributed by atoms with Crippen LogP contribution in [0.2, 0.25) is 0 Å². The molecule has 0 aliphatic carbocycles. The highest BCUT2D eigenvalue weighted by atomic mass is 16.1. The van der Waals surface area contributed by atoms with Crippen LogP contribution in [0.4, 0.5) is 0 Å². The Morgan fingerprint density at radius 3 is 2.62 bits per heavy atom. The molecule has 0 fully saturated rings. The number of fused-ring (bicyclic) bond motifs is 1. The van der Waals surface area contributed by atoms with Gasteiger partial charge in [-0.05, 0) is 42.2 Å². The van der Waals surface area contributed by atoms with Gasteiger partial charge in [-0.1, -0.05) is 38.1 Å². The lowest BCUT2D eigenvalue weighted by atomic mass is 10.0. The van der Waals surface area contributed by atoms with Crippen LogP contribution in [0, 0.1) is 0 Å². The molecule has 0 saturated carbocycles. The molecule has 0 unspecified atom stereocenters. The van der Waals surface area contributed by atoms with E-state index in [-0.39, 0.29) is 5.91 Å². The van der Waals surface area contributed by atoms with Crippen LogP contribution in [0.1, 0.15) is 42.1 Å². The first-order chi connectivity index (χ1) is 11.6. The number of benzene rings is 2. The Morgan fingerprint density at radius 1 is 1.12 bits per heavy atom. The van der Waals surface area contributed by atoms with E-state index in [1.165, 1.54) is 5.56 Å². The number of carbonyl (C=O) groups excluding carboxylic acids is 1. The van der Waals surface area contributed by atoms with E-state index < -0.39 is 0 Å². The lowest BCUT2D eigenvalue weighted by Gasteiger charge is -2.08. The lowest BCUT2D eigenvalue weighted by molar-refractivity contribution is 0.0953. The maximum atomic E-state index is 12.2. The third-order valence-corrected chi connectivity index (χ3v) is 4.23. The smallest absolute Gasteiger partial charge is 0.251 e. The fourth-order valence-electron chi connectivity index (χ4n) is 2.76. The van der Waals surface area contributed by atoms with E-state index in [0.29, 0.717) is 18.0 Å². The third kappa shape index (κ3) is 3.65. The van der Waals surface area contributed by atoms with Crippen molar-refractivity contribution in [3.63, 3.8) is 0 Å². The van der Waals surface area contributed by atoms with Gasteiger partial charge in [-0.2, -0.15) is 0 Å². The van der Waals surface area contributed by atoms with Crippen LogP contribution in [-0.2, 0) is 6.54 Å². The van der Waals surface area contributed by atoms with E-state index >= 15 is 0 Å². The summed E-state index contributed by atoms with van der Waals surface area (Å²) in [6, 6.07) is 15.9. The van der Waals surface area contributed by atoms with Gasteiger partial charge in [0.05, 0.1) is 17.4 Å². The Bertz CT molecular complexity index is 818. The first-order valence-electron chi connectivity index (χ1n) is 8.43. The number of hydrogen-bond acceptors (Lipinski definition) is 2. The van der Waals surface area contributed by atoms with E-state index in [1.54, 1.807) is 0 Å². The maximum Gasteiger partial charge on any atom is 0.251 e. The van der Waals surface area contributed by atoms with Crippen molar-refractivity contribution in [2.45, 2.75) is 32.7 Å². The van der Waals surface area contributed by atoms with Crippen LogP contribution < -0.4 is 5.32 Å². The van der Waals surface area contributed by atoms with E-state index in [1.807, 2.05) is 48.8 Å². The first-order valence-corrected chi connectivity index (χ1v) is 8.43. The van der Waals surface area contributed by atoms with Gasteiger partial charge >= 0.3 is 0 Å². The minimum atomic E-state index is -0.0132. The number of aryl methyl sites for hydroxylation is 1. The SMILES string of the molecule is CC(C)c1ccc(C(=O)NCCCn2cnc3ccccc32)cc1. The van der Waals surface area contributed by atoms with Crippen LogP contribution in [0.5, 0.6) is 0 Å². The van der Waals surface area contributed by atoms with Crippen molar-refractivity contribution < 1.29 is 4.79 Å². The van der Waals surface area contributed by atoms with Crippen molar-refractivity contribution >= 4 is 16.9 Å². The molecule has 2 aromatic carbocycles. The van der Waals surface area contributed by atoms with Gasteiger partial charge in [0.25, 0.3) is 5.91 Å². The predicted molar refractivity (Wildman–Crippen MR) is 97.2 cm³/mol. The summed E-state index contributed by atoms with van der Waals surface area (Å²) in [7, 11) is 0. The Hall–Kier alpha value is -2.62. The quantitative estimate of drug-likeness (QED) is 0.698. The molecule has 0 radical (unpaired) electrons. The Balaban J connectivity index is 1.50. The molecule has 0 saturated heterocycles. The van der Waals surface area contributed by atoms with Crippen molar-refractivity contribution in [3.05, 3.63) is 66.0 Å².